The van der Waals surface area contributed by atoms with Gasteiger partial charge in [0.1, 0.15) is 11.6 Å². The molecule has 0 aliphatic heterocycles. The molecule has 148 valence electrons. The van der Waals surface area contributed by atoms with Crippen molar-refractivity contribution < 1.29 is 18.7 Å². The molecule has 0 unspecified atom stereocenters. The Hall–Kier alpha value is -3.11. The molecule has 28 heavy (non-hydrogen) atoms. The lowest BCUT2D eigenvalue weighted by Crippen LogP contribution is -2.27. The number of hydrogen-bond acceptors (Lipinski definition) is 7. The van der Waals surface area contributed by atoms with Crippen molar-refractivity contribution in [2.24, 2.45) is 0 Å². The molecular weight excluding hydrogens is 367 g/mol. The first-order valence-electron chi connectivity index (χ1n) is 8.66. The molecule has 10 heteroatoms. The van der Waals surface area contributed by atoms with Crippen molar-refractivity contribution in [3.05, 3.63) is 53.6 Å². The average Bonchev–Trinajstić information content (AvgIpc) is 3.11. The van der Waals surface area contributed by atoms with Crippen LogP contribution in [0.3, 0.4) is 0 Å². The molecule has 1 aromatic carbocycles. The maximum atomic E-state index is 13.7. The first kappa shape index (κ1) is 19.6. The molecule has 0 bridgehead atoms. The van der Waals surface area contributed by atoms with E-state index in [2.05, 4.69) is 25.9 Å². The van der Waals surface area contributed by atoms with E-state index in [0.717, 1.165) is 0 Å². The fourth-order valence-electron chi connectivity index (χ4n) is 2.56. The van der Waals surface area contributed by atoms with Gasteiger partial charge in [-0.2, -0.15) is 4.52 Å². The molecule has 1 amide bonds. The second-order valence-corrected chi connectivity index (χ2v) is 5.87. The number of ether oxygens (including phenoxy) is 2. The van der Waals surface area contributed by atoms with Gasteiger partial charge in [-0.15, -0.1) is 15.3 Å². The summed E-state index contributed by atoms with van der Waals surface area (Å²) < 4.78 is 25.5. The number of benzene rings is 1. The SMILES string of the molecule is COC(CNc1ccc2nnc(CCNC(=O)c3ccccc3F)n2n1)OC. The van der Waals surface area contributed by atoms with Gasteiger partial charge in [0, 0.05) is 27.2 Å². The third kappa shape index (κ3) is 4.59. The maximum Gasteiger partial charge on any atom is 0.254 e. The molecule has 0 fully saturated rings. The van der Waals surface area contributed by atoms with E-state index in [4.69, 9.17) is 9.47 Å². The summed E-state index contributed by atoms with van der Waals surface area (Å²) in [4.78, 5) is 12.1. The maximum absolute atomic E-state index is 13.7. The van der Waals surface area contributed by atoms with E-state index in [1.807, 2.05) is 0 Å². The van der Waals surface area contributed by atoms with Crippen molar-refractivity contribution in [2.75, 3.05) is 32.6 Å². The van der Waals surface area contributed by atoms with Crippen LogP contribution in [0.4, 0.5) is 10.2 Å². The van der Waals surface area contributed by atoms with E-state index in [-0.39, 0.29) is 12.1 Å². The summed E-state index contributed by atoms with van der Waals surface area (Å²) in [6, 6.07) is 9.38. The number of amides is 1. The van der Waals surface area contributed by atoms with Gasteiger partial charge in [-0.05, 0) is 24.3 Å². The molecule has 3 aromatic rings. The number of nitrogens with zero attached hydrogens (tertiary/aromatic N) is 4. The molecule has 0 aliphatic rings. The lowest BCUT2D eigenvalue weighted by atomic mass is 10.2. The second kappa shape index (κ2) is 9.20. The number of aromatic nitrogens is 4. The molecule has 9 nitrogen and oxygen atoms in total. The highest BCUT2D eigenvalue weighted by Crippen LogP contribution is 2.09. The largest absolute Gasteiger partial charge is 0.364 e. The Morgan fingerprint density at radius 3 is 2.71 bits per heavy atom. The zero-order valence-electron chi connectivity index (χ0n) is 15.6. The van der Waals surface area contributed by atoms with Crippen LogP contribution in [0.2, 0.25) is 0 Å². The van der Waals surface area contributed by atoms with Crippen LogP contribution in [-0.4, -0.2) is 59.3 Å². The number of halogens is 1. The van der Waals surface area contributed by atoms with E-state index < -0.39 is 18.0 Å². The van der Waals surface area contributed by atoms with E-state index in [9.17, 15) is 9.18 Å². The summed E-state index contributed by atoms with van der Waals surface area (Å²) in [5.41, 5.74) is 0.583. The van der Waals surface area contributed by atoms with E-state index in [1.54, 1.807) is 36.9 Å². The van der Waals surface area contributed by atoms with Gasteiger partial charge in [0.2, 0.25) is 0 Å². The van der Waals surface area contributed by atoms with Gasteiger partial charge in [-0.1, -0.05) is 12.1 Å². The van der Waals surface area contributed by atoms with Crippen LogP contribution < -0.4 is 10.6 Å². The molecule has 2 N–H and O–H groups in total. The molecule has 3 rings (SSSR count). The van der Waals surface area contributed by atoms with Gasteiger partial charge < -0.3 is 20.1 Å². The van der Waals surface area contributed by atoms with Gasteiger partial charge in [-0.25, -0.2) is 4.39 Å². The molecule has 0 aliphatic carbocycles. The highest BCUT2D eigenvalue weighted by atomic mass is 19.1. The topological polar surface area (TPSA) is 103 Å². The predicted octanol–water partition coefficient (Wildman–Crippen LogP) is 1.27. The van der Waals surface area contributed by atoms with Crippen LogP contribution in [-0.2, 0) is 15.9 Å². The zero-order valence-corrected chi connectivity index (χ0v) is 15.6. The van der Waals surface area contributed by atoms with Gasteiger partial charge in [0.15, 0.2) is 17.8 Å². The summed E-state index contributed by atoms with van der Waals surface area (Å²) in [6.07, 6.45) is -0.0113. The number of carbonyl (C=O) groups is 1. The zero-order chi connectivity index (χ0) is 19.9. The first-order chi connectivity index (χ1) is 13.6. The third-order valence-corrected chi connectivity index (χ3v) is 4.06. The Balaban J connectivity index is 1.62. The molecule has 0 atom stereocenters. The molecule has 0 saturated heterocycles. The summed E-state index contributed by atoms with van der Waals surface area (Å²) >= 11 is 0. The summed E-state index contributed by atoms with van der Waals surface area (Å²) in [5, 5.41) is 18.4. The van der Waals surface area contributed by atoms with Crippen LogP contribution in [0.1, 0.15) is 16.2 Å². The average molecular weight is 388 g/mol. The fourth-order valence-corrected chi connectivity index (χ4v) is 2.56. The molecule has 2 aromatic heterocycles. The van der Waals surface area contributed by atoms with Crippen molar-refractivity contribution in [1.82, 2.24) is 25.1 Å². The molecule has 0 spiro atoms. The molecule has 0 saturated carbocycles. The minimum Gasteiger partial charge on any atom is -0.364 e. The van der Waals surface area contributed by atoms with E-state index >= 15 is 0 Å². The van der Waals surface area contributed by atoms with E-state index in [1.165, 1.54) is 18.2 Å². The Bertz CT molecular complexity index is 944. The van der Waals surface area contributed by atoms with Gasteiger partial charge in [0.05, 0.1) is 12.1 Å². The highest BCUT2D eigenvalue weighted by molar-refractivity contribution is 5.94. The van der Waals surface area contributed by atoms with Gasteiger partial charge in [-0.3, -0.25) is 4.79 Å². The normalized spacial score (nSPS) is 11.1. The first-order valence-corrected chi connectivity index (χ1v) is 8.66. The van der Waals surface area contributed by atoms with Crippen LogP contribution in [0.5, 0.6) is 0 Å². The van der Waals surface area contributed by atoms with Crippen molar-refractivity contribution in [3.63, 3.8) is 0 Å². The summed E-state index contributed by atoms with van der Waals surface area (Å²) in [6.45, 7) is 0.685. The molecule has 2 heterocycles. The van der Waals surface area contributed by atoms with Crippen LogP contribution >= 0.6 is 0 Å². The number of carbonyl (C=O) groups excluding carboxylic acids is 1. The minimum absolute atomic E-state index is 0.00375. The number of hydrogen-bond donors (Lipinski definition) is 2. The van der Waals surface area contributed by atoms with Crippen molar-refractivity contribution in [3.8, 4) is 0 Å². The minimum atomic E-state index is -0.560. The standard InChI is InChI=1S/C18H21FN6O3/c1-27-17(28-2)11-21-14-7-8-15-22-23-16(25(15)24-14)9-10-20-18(26)12-5-3-4-6-13(12)19/h3-8,17H,9-11H2,1-2H3,(H,20,26)(H,21,24). The highest BCUT2D eigenvalue weighted by Gasteiger charge is 2.12. The number of anilines is 1. The number of nitrogens with one attached hydrogen (secondary N) is 2. The molecule has 0 radical (unpaired) electrons. The summed E-state index contributed by atoms with van der Waals surface area (Å²) in [5.74, 6) is 0.133. The van der Waals surface area contributed by atoms with Crippen molar-refractivity contribution >= 4 is 17.4 Å². The van der Waals surface area contributed by atoms with Crippen LogP contribution in [0.15, 0.2) is 36.4 Å². The smallest absolute Gasteiger partial charge is 0.254 e. The predicted molar refractivity (Wildman–Crippen MR) is 99.5 cm³/mol. The van der Waals surface area contributed by atoms with Crippen LogP contribution in [0.25, 0.3) is 5.65 Å². The lowest BCUT2D eigenvalue weighted by molar-refractivity contribution is -0.0914. The number of methoxy groups -OCH3 is 2. The number of fused-ring (bicyclic) bond motifs is 1. The second-order valence-electron chi connectivity index (χ2n) is 5.87. The quantitative estimate of drug-likeness (QED) is 0.532. The van der Waals surface area contributed by atoms with Crippen LogP contribution in [0, 0.1) is 5.82 Å². The third-order valence-electron chi connectivity index (χ3n) is 4.06. The summed E-state index contributed by atoms with van der Waals surface area (Å²) in [7, 11) is 3.11. The Labute approximate surface area is 160 Å². The Morgan fingerprint density at radius 1 is 1.18 bits per heavy atom. The van der Waals surface area contributed by atoms with E-state index in [0.29, 0.717) is 30.3 Å². The van der Waals surface area contributed by atoms with Crippen molar-refractivity contribution in [2.45, 2.75) is 12.7 Å². The lowest BCUT2D eigenvalue weighted by Gasteiger charge is -2.14. The van der Waals surface area contributed by atoms with Crippen molar-refractivity contribution in [1.29, 1.82) is 0 Å². The number of rotatable bonds is 9. The Kier molecular flexibility index (Phi) is 6.45. The van der Waals surface area contributed by atoms with Gasteiger partial charge in [0.25, 0.3) is 5.91 Å². The Morgan fingerprint density at radius 2 is 1.96 bits per heavy atom. The van der Waals surface area contributed by atoms with Gasteiger partial charge >= 0.3 is 0 Å². The monoisotopic (exact) mass is 388 g/mol. The molecular formula is C18H21FN6O3. The fraction of sp³-hybridized carbons (Fsp3) is 0.333.